The van der Waals surface area contributed by atoms with Gasteiger partial charge in [0.25, 0.3) is 0 Å². The molecule has 15 heteroatoms. The predicted octanol–water partition coefficient (Wildman–Crippen LogP) is -2.44. The number of halogens is 1. The van der Waals surface area contributed by atoms with E-state index < -0.39 is 12.0 Å². The van der Waals surface area contributed by atoms with Gasteiger partial charge in [-0.3, -0.25) is 24.0 Å². The standard InChI is InChI=1S/C19H33IN4O10/c20-15(25)11-24-18(28)13-34-10-8-32-6-4-23-17(27)12-33-9-7-31-5-3-22-16(26)2-1-14(21)19(29)30/h14H,1-13,21H2,(H,22,26)(H,23,27)(H,24,28)(H,29,30)/t14-/m0/s1. The summed E-state index contributed by atoms with van der Waals surface area (Å²) in [5.41, 5.74) is 5.31. The molecule has 34 heavy (non-hydrogen) atoms. The van der Waals surface area contributed by atoms with Crippen molar-refractivity contribution in [1.82, 2.24) is 16.0 Å². The predicted molar refractivity (Wildman–Crippen MR) is 126 cm³/mol. The zero-order valence-corrected chi connectivity index (χ0v) is 21.0. The molecule has 1 atom stereocenters. The Morgan fingerprint density at radius 2 is 1.21 bits per heavy atom. The van der Waals surface area contributed by atoms with Gasteiger partial charge in [0.1, 0.15) is 19.3 Å². The van der Waals surface area contributed by atoms with Crippen molar-refractivity contribution in [1.29, 1.82) is 0 Å². The average molecular weight is 604 g/mol. The minimum atomic E-state index is -1.15. The molecule has 0 saturated heterocycles. The number of nitrogens with two attached hydrogens (primary N) is 1. The zero-order chi connectivity index (χ0) is 25.6. The van der Waals surface area contributed by atoms with Crippen LogP contribution in [0.3, 0.4) is 0 Å². The van der Waals surface area contributed by atoms with Crippen LogP contribution in [0.1, 0.15) is 12.8 Å². The highest BCUT2D eigenvalue weighted by molar-refractivity contribution is 14.1. The Labute approximate surface area is 211 Å². The Morgan fingerprint density at radius 1 is 0.735 bits per heavy atom. The molecule has 0 unspecified atom stereocenters. The lowest BCUT2D eigenvalue weighted by molar-refractivity contribution is -0.138. The molecule has 0 spiro atoms. The van der Waals surface area contributed by atoms with Crippen LogP contribution < -0.4 is 21.7 Å². The molecule has 0 aromatic rings. The van der Waals surface area contributed by atoms with Gasteiger partial charge in [0.2, 0.25) is 21.5 Å². The second-order valence-electron chi connectivity index (χ2n) is 6.65. The minimum absolute atomic E-state index is 0.0200. The number of aliphatic carboxylic acids is 1. The SMILES string of the molecule is N[C@@H](CCC(=O)NCCOCCOCC(=O)NCCOCCOCC(=O)NCC(=O)I)C(=O)O. The molecule has 0 saturated carbocycles. The van der Waals surface area contributed by atoms with Gasteiger partial charge in [0.05, 0.1) is 46.2 Å². The average Bonchev–Trinajstić information content (AvgIpc) is 2.79. The van der Waals surface area contributed by atoms with Crippen LogP contribution in [0.25, 0.3) is 0 Å². The van der Waals surface area contributed by atoms with E-state index in [1.165, 1.54) is 0 Å². The largest absolute Gasteiger partial charge is 0.480 e. The van der Waals surface area contributed by atoms with Crippen molar-refractivity contribution in [2.45, 2.75) is 18.9 Å². The first-order chi connectivity index (χ1) is 16.2. The summed E-state index contributed by atoms with van der Waals surface area (Å²) in [5.74, 6) is -2.15. The summed E-state index contributed by atoms with van der Waals surface area (Å²) in [7, 11) is 0. The third-order valence-corrected chi connectivity index (χ3v) is 4.15. The lowest BCUT2D eigenvalue weighted by Crippen LogP contribution is -2.33. The van der Waals surface area contributed by atoms with E-state index >= 15 is 0 Å². The minimum Gasteiger partial charge on any atom is -0.480 e. The molecule has 0 heterocycles. The maximum atomic E-state index is 11.6. The molecule has 0 aromatic heterocycles. The molecule has 0 radical (unpaired) electrons. The van der Waals surface area contributed by atoms with Gasteiger partial charge in [-0.05, 0) is 6.42 Å². The van der Waals surface area contributed by atoms with Crippen molar-refractivity contribution in [3.05, 3.63) is 0 Å². The molecule has 196 valence electrons. The Hall–Kier alpha value is -1.92. The van der Waals surface area contributed by atoms with E-state index in [1.807, 2.05) is 0 Å². The monoisotopic (exact) mass is 604 g/mol. The number of hydrogen-bond acceptors (Lipinski definition) is 10. The van der Waals surface area contributed by atoms with Crippen LogP contribution in [0.5, 0.6) is 0 Å². The summed E-state index contributed by atoms with van der Waals surface area (Å²) in [6, 6.07) is -1.06. The van der Waals surface area contributed by atoms with Crippen molar-refractivity contribution in [3.8, 4) is 0 Å². The molecule has 0 aromatic carbocycles. The van der Waals surface area contributed by atoms with Crippen molar-refractivity contribution in [2.75, 3.05) is 72.5 Å². The summed E-state index contributed by atoms with van der Waals surface area (Å²) >= 11 is 1.58. The number of hydrogen-bond donors (Lipinski definition) is 5. The van der Waals surface area contributed by atoms with Crippen LogP contribution in [0.15, 0.2) is 0 Å². The highest BCUT2D eigenvalue weighted by Gasteiger charge is 2.13. The number of carboxylic acid groups (broad SMARTS) is 1. The van der Waals surface area contributed by atoms with E-state index in [9.17, 15) is 24.0 Å². The highest BCUT2D eigenvalue weighted by atomic mass is 127. The Bertz CT molecular complexity index is 638. The second kappa shape index (κ2) is 21.6. The fourth-order valence-corrected chi connectivity index (χ4v) is 2.25. The number of amides is 3. The fraction of sp³-hybridized carbons (Fsp3) is 0.737. The lowest BCUT2D eigenvalue weighted by Gasteiger charge is -2.09. The molecular formula is C19H33IN4O10. The lowest BCUT2D eigenvalue weighted by atomic mass is 10.1. The Kier molecular flexibility index (Phi) is 20.4. The van der Waals surface area contributed by atoms with Gasteiger partial charge in [-0.1, -0.05) is 0 Å². The van der Waals surface area contributed by atoms with Crippen molar-refractivity contribution in [3.63, 3.8) is 0 Å². The van der Waals surface area contributed by atoms with Crippen molar-refractivity contribution >= 4 is 50.1 Å². The Balaban J connectivity index is 3.40. The third-order valence-electron chi connectivity index (χ3n) is 3.77. The summed E-state index contributed by atoms with van der Waals surface area (Å²) in [6.07, 6.45) is 0.0780. The molecule has 0 bridgehead atoms. The van der Waals surface area contributed by atoms with Gasteiger partial charge in [-0.15, -0.1) is 0 Å². The van der Waals surface area contributed by atoms with Crippen LogP contribution >= 0.6 is 22.6 Å². The molecule has 14 nitrogen and oxygen atoms in total. The van der Waals surface area contributed by atoms with E-state index in [2.05, 4.69) is 16.0 Å². The molecule has 0 aliphatic heterocycles. The number of carbonyl (C=O) groups excluding carboxylic acids is 4. The van der Waals surface area contributed by atoms with Gasteiger partial charge in [0, 0.05) is 42.1 Å². The first-order valence-corrected chi connectivity index (χ1v) is 11.6. The van der Waals surface area contributed by atoms with Gasteiger partial charge >= 0.3 is 5.97 Å². The maximum absolute atomic E-state index is 11.6. The van der Waals surface area contributed by atoms with Crippen molar-refractivity contribution in [2.24, 2.45) is 5.73 Å². The molecule has 0 aliphatic carbocycles. The third kappa shape index (κ3) is 21.9. The quantitative estimate of drug-likeness (QED) is 0.0499. The summed E-state index contributed by atoms with van der Waals surface area (Å²) in [6.45, 7) is 1.61. The number of carboxylic acids is 1. The first-order valence-electron chi connectivity index (χ1n) is 10.5. The number of nitrogens with one attached hydrogen (secondary N) is 3. The summed E-state index contributed by atoms with van der Waals surface area (Å²) in [4.78, 5) is 55.6. The maximum Gasteiger partial charge on any atom is 0.320 e. The van der Waals surface area contributed by atoms with Crippen LogP contribution in [0.4, 0.5) is 0 Å². The number of carbonyl (C=O) groups is 5. The summed E-state index contributed by atoms with van der Waals surface area (Å²) < 4.78 is 20.6. The van der Waals surface area contributed by atoms with Crippen LogP contribution in [0, 0.1) is 0 Å². The van der Waals surface area contributed by atoms with E-state index in [1.54, 1.807) is 22.6 Å². The van der Waals surface area contributed by atoms with Crippen LogP contribution in [-0.4, -0.2) is 111 Å². The molecule has 0 rings (SSSR count). The van der Waals surface area contributed by atoms with Crippen LogP contribution in [0.2, 0.25) is 0 Å². The highest BCUT2D eigenvalue weighted by Crippen LogP contribution is 1.94. The van der Waals surface area contributed by atoms with E-state index in [0.29, 0.717) is 0 Å². The zero-order valence-electron chi connectivity index (χ0n) is 18.8. The molecule has 0 aliphatic rings. The fourth-order valence-electron chi connectivity index (χ4n) is 2.06. The smallest absolute Gasteiger partial charge is 0.320 e. The van der Waals surface area contributed by atoms with E-state index in [-0.39, 0.29) is 107 Å². The molecular weight excluding hydrogens is 571 g/mol. The summed E-state index contributed by atoms with van der Waals surface area (Å²) in [5, 5.41) is 16.2. The van der Waals surface area contributed by atoms with E-state index in [0.717, 1.165) is 0 Å². The number of rotatable bonds is 22. The van der Waals surface area contributed by atoms with Gasteiger partial charge in [0.15, 0.2) is 0 Å². The topological polar surface area (TPSA) is 205 Å². The number of ether oxygens (including phenoxy) is 4. The molecule has 6 N–H and O–H groups in total. The van der Waals surface area contributed by atoms with Crippen LogP contribution in [-0.2, 0) is 42.9 Å². The normalized spacial score (nSPS) is 11.5. The molecule has 0 fully saturated rings. The van der Waals surface area contributed by atoms with Gasteiger partial charge in [-0.25, -0.2) is 0 Å². The second-order valence-corrected chi connectivity index (χ2v) is 7.85. The van der Waals surface area contributed by atoms with Gasteiger partial charge < -0.3 is 45.7 Å². The molecule has 3 amide bonds. The Morgan fingerprint density at radius 3 is 1.71 bits per heavy atom. The first kappa shape index (κ1) is 32.1. The van der Waals surface area contributed by atoms with Crippen molar-refractivity contribution < 1.29 is 48.0 Å². The van der Waals surface area contributed by atoms with Gasteiger partial charge in [-0.2, -0.15) is 0 Å². The van der Waals surface area contributed by atoms with E-state index in [4.69, 9.17) is 29.8 Å².